The molecule has 10 aromatic rings. The second kappa shape index (κ2) is 8.06. The molecule has 0 nitrogen and oxygen atoms in total. The van der Waals surface area contributed by atoms with Gasteiger partial charge in [-0.1, -0.05) is 146 Å². The molecule has 0 aromatic heterocycles. The summed E-state index contributed by atoms with van der Waals surface area (Å²) in [6, 6.07) is 54.4. The fraction of sp³-hybridized carbons (Fsp3) is 0. The highest BCUT2D eigenvalue weighted by molar-refractivity contribution is 6.28. The first kappa shape index (κ1) is 22.3. The summed E-state index contributed by atoms with van der Waals surface area (Å²) in [5, 5.41) is 18.5. The molecule has 0 radical (unpaired) electrons. The third-order valence-corrected chi connectivity index (χ3v) is 9.56. The summed E-state index contributed by atoms with van der Waals surface area (Å²) in [7, 11) is 0. The third kappa shape index (κ3) is 2.86. The van der Waals surface area contributed by atoms with Gasteiger partial charge in [-0.3, -0.25) is 0 Å². The van der Waals surface area contributed by atoms with Crippen LogP contribution in [0, 0.1) is 0 Å². The Bertz CT molecular complexity index is 2450. The van der Waals surface area contributed by atoms with Crippen molar-refractivity contribution in [1.29, 1.82) is 0 Å². The molecule has 10 aromatic carbocycles. The number of rotatable bonds is 2. The number of fused-ring (bicyclic) bond motifs is 1. The zero-order valence-corrected chi connectivity index (χ0v) is 22.9. The highest BCUT2D eigenvalue weighted by atomic mass is 14.2. The molecule has 0 aliphatic heterocycles. The van der Waals surface area contributed by atoms with Crippen LogP contribution in [-0.2, 0) is 0 Å². The van der Waals surface area contributed by atoms with Gasteiger partial charge in [0.25, 0.3) is 0 Å². The Kier molecular flexibility index (Phi) is 4.27. The molecule has 0 bridgehead atoms. The van der Waals surface area contributed by atoms with E-state index in [4.69, 9.17) is 0 Å². The van der Waals surface area contributed by atoms with Crippen molar-refractivity contribution in [2.24, 2.45) is 0 Å². The van der Waals surface area contributed by atoms with E-state index in [2.05, 4.69) is 146 Å². The maximum absolute atomic E-state index is 2.32. The molecule has 42 heavy (non-hydrogen) atoms. The first-order valence-corrected chi connectivity index (χ1v) is 14.7. The zero-order chi connectivity index (χ0) is 27.4. The van der Waals surface area contributed by atoms with E-state index >= 15 is 0 Å². The molecule has 0 heteroatoms. The minimum Gasteiger partial charge on any atom is -0.0610 e. The van der Waals surface area contributed by atoms with Crippen LogP contribution in [0.15, 0.2) is 146 Å². The van der Waals surface area contributed by atoms with Crippen LogP contribution in [0.4, 0.5) is 0 Å². The van der Waals surface area contributed by atoms with Crippen molar-refractivity contribution in [3.63, 3.8) is 0 Å². The van der Waals surface area contributed by atoms with Crippen molar-refractivity contribution >= 4 is 75.4 Å². The van der Waals surface area contributed by atoms with Crippen molar-refractivity contribution in [3.8, 4) is 22.3 Å². The molecule has 0 fully saturated rings. The van der Waals surface area contributed by atoms with Crippen LogP contribution in [-0.4, -0.2) is 0 Å². The van der Waals surface area contributed by atoms with Gasteiger partial charge in [0, 0.05) is 0 Å². The molecule has 0 aliphatic carbocycles. The molecule has 0 saturated carbocycles. The number of hydrogen-bond donors (Lipinski definition) is 0. The van der Waals surface area contributed by atoms with Crippen molar-refractivity contribution in [3.05, 3.63) is 146 Å². The minimum atomic E-state index is 1.28. The lowest BCUT2D eigenvalue weighted by atomic mass is 9.86. The topological polar surface area (TPSA) is 0 Å². The van der Waals surface area contributed by atoms with Crippen molar-refractivity contribution in [2.75, 3.05) is 0 Å². The van der Waals surface area contributed by atoms with Gasteiger partial charge in [0.15, 0.2) is 0 Å². The summed E-state index contributed by atoms with van der Waals surface area (Å²) in [6.07, 6.45) is 0. The second-order valence-electron chi connectivity index (χ2n) is 11.6. The average Bonchev–Trinajstić information content (AvgIpc) is 3.05. The lowest BCUT2D eigenvalue weighted by molar-refractivity contribution is 1.68. The first-order chi connectivity index (χ1) is 20.8. The predicted octanol–water partition coefficient (Wildman–Crippen LogP) is 12.0. The molecule has 0 aliphatic rings. The summed E-state index contributed by atoms with van der Waals surface area (Å²) < 4.78 is 0. The van der Waals surface area contributed by atoms with E-state index in [9.17, 15) is 0 Å². The van der Waals surface area contributed by atoms with Crippen LogP contribution in [0.25, 0.3) is 97.7 Å². The van der Waals surface area contributed by atoms with Crippen molar-refractivity contribution in [1.82, 2.24) is 0 Å². The van der Waals surface area contributed by atoms with Gasteiger partial charge in [-0.15, -0.1) is 0 Å². The van der Waals surface area contributed by atoms with E-state index in [1.165, 1.54) is 97.7 Å². The Hall–Kier alpha value is -5.46. The molecule has 0 N–H and O–H groups in total. The van der Waals surface area contributed by atoms with Crippen LogP contribution in [0.2, 0.25) is 0 Å². The average molecular weight is 529 g/mol. The minimum absolute atomic E-state index is 1.28. The standard InChI is InChI=1S/C42H24/c1-5-25-13-15-29-17-21-35(37-23-19-27(7-1)39(25)41(29)37)33-11-3-10-32-31(33)9-4-12-34(32)36-22-18-30-16-14-26-6-2-8-28-20-24-38(36)42(30)40(26)28/h1-24H. The normalized spacial score (nSPS) is 12.3. The van der Waals surface area contributed by atoms with Crippen LogP contribution >= 0.6 is 0 Å². The summed E-state index contributed by atoms with van der Waals surface area (Å²) in [6.45, 7) is 0. The highest BCUT2D eigenvalue weighted by Gasteiger charge is 2.17. The SMILES string of the molecule is c1cc2ccc3ccc(-c4cccc5c(-c6ccc7ccc8cccc9ccc6c7c89)cccc45)c4ccc(c1)c2c34. The maximum Gasteiger partial charge on any atom is -0.00206 e. The Labute approximate surface area is 242 Å². The van der Waals surface area contributed by atoms with Crippen LogP contribution in [0.5, 0.6) is 0 Å². The number of benzene rings is 10. The van der Waals surface area contributed by atoms with E-state index in [-0.39, 0.29) is 0 Å². The maximum atomic E-state index is 2.32. The van der Waals surface area contributed by atoms with Gasteiger partial charge < -0.3 is 0 Å². The van der Waals surface area contributed by atoms with Crippen molar-refractivity contribution in [2.45, 2.75) is 0 Å². The van der Waals surface area contributed by atoms with Gasteiger partial charge in [0.05, 0.1) is 0 Å². The molecule has 0 saturated heterocycles. The predicted molar refractivity (Wildman–Crippen MR) is 182 cm³/mol. The van der Waals surface area contributed by atoms with Gasteiger partial charge in [-0.25, -0.2) is 0 Å². The largest absolute Gasteiger partial charge is 0.0610 e. The van der Waals surface area contributed by atoms with E-state index in [0.29, 0.717) is 0 Å². The van der Waals surface area contributed by atoms with Gasteiger partial charge in [0.2, 0.25) is 0 Å². The quantitative estimate of drug-likeness (QED) is 0.196. The smallest absolute Gasteiger partial charge is 0.00206 e. The molecule has 0 spiro atoms. The van der Waals surface area contributed by atoms with Gasteiger partial charge >= 0.3 is 0 Å². The molecular weight excluding hydrogens is 504 g/mol. The van der Waals surface area contributed by atoms with Crippen molar-refractivity contribution < 1.29 is 0 Å². The Morgan fingerprint density at radius 3 is 0.929 bits per heavy atom. The fourth-order valence-corrected chi connectivity index (χ4v) is 7.72. The van der Waals surface area contributed by atoms with Gasteiger partial charge in [-0.05, 0) is 97.7 Å². The molecule has 0 atom stereocenters. The lowest BCUT2D eigenvalue weighted by Gasteiger charge is -2.17. The summed E-state index contributed by atoms with van der Waals surface area (Å²) in [5.74, 6) is 0. The highest BCUT2D eigenvalue weighted by Crippen LogP contribution is 2.44. The van der Waals surface area contributed by atoms with Crippen LogP contribution in [0.3, 0.4) is 0 Å². The van der Waals surface area contributed by atoms with Gasteiger partial charge in [-0.2, -0.15) is 0 Å². The Balaban J connectivity index is 1.27. The molecule has 10 rings (SSSR count). The molecular formula is C42H24. The Morgan fingerprint density at radius 1 is 0.190 bits per heavy atom. The summed E-state index contributed by atoms with van der Waals surface area (Å²) in [5.41, 5.74) is 5.15. The first-order valence-electron chi connectivity index (χ1n) is 14.7. The Morgan fingerprint density at radius 2 is 0.500 bits per heavy atom. The lowest BCUT2D eigenvalue weighted by Crippen LogP contribution is -1.90. The van der Waals surface area contributed by atoms with Crippen LogP contribution < -0.4 is 0 Å². The van der Waals surface area contributed by atoms with Gasteiger partial charge in [0.1, 0.15) is 0 Å². The molecule has 0 unspecified atom stereocenters. The summed E-state index contributed by atoms with van der Waals surface area (Å²) >= 11 is 0. The van der Waals surface area contributed by atoms with E-state index in [0.717, 1.165) is 0 Å². The zero-order valence-electron chi connectivity index (χ0n) is 22.9. The third-order valence-electron chi connectivity index (χ3n) is 9.56. The fourth-order valence-electron chi connectivity index (χ4n) is 7.72. The second-order valence-corrected chi connectivity index (χ2v) is 11.6. The monoisotopic (exact) mass is 528 g/mol. The molecule has 0 amide bonds. The molecule has 192 valence electrons. The van der Waals surface area contributed by atoms with E-state index in [1.54, 1.807) is 0 Å². The summed E-state index contributed by atoms with van der Waals surface area (Å²) in [4.78, 5) is 0. The van der Waals surface area contributed by atoms with Crippen LogP contribution in [0.1, 0.15) is 0 Å². The number of hydrogen-bond acceptors (Lipinski definition) is 0. The van der Waals surface area contributed by atoms with E-state index in [1.807, 2.05) is 0 Å². The van der Waals surface area contributed by atoms with E-state index < -0.39 is 0 Å². The molecule has 0 heterocycles.